The Balaban J connectivity index is 0. The van der Waals surface area contributed by atoms with Crippen molar-refractivity contribution >= 4 is 21.5 Å². The number of unbranched alkanes of at least 4 members (excludes halogenated alkanes) is 3. The van der Waals surface area contributed by atoms with Gasteiger partial charge in [-0.3, -0.25) is 0 Å². The van der Waals surface area contributed by atoms with Gasteiger partial charge >= 0.3 is 0 Å². The normalized spacial score (nSPS) is 10.2. The van der Waals surface area contributed by atoms with Gasteiger partial charge in [0.05, 0.1) is 39.3 Å². The molecule has 0 aliphatic rings. The number of hydrogen-bond acceptors (Lipinski definition) is 0. The van der Waals surface area contributed by atoms with Crippen LogP contribution in [0, 0.1) is 0 Å². The maximum atomic E-state index is 3.89. The van der Waals surface area contributed by atoms with Crippen LogP contribution in [-0.2, 0) is 6.54 Å². The van der Waals surface area contributed by atoms with E-state index in [4.69, 9.17) is 0 Å². The summed E-state index contributed by atoms with van der Waals surface area (Å²) < 4.78 is 0. The molecule has 0 bridgehead atoms. The van der Waals surface area contributed by atoms with Gasteiger partial charge < -0.3 is 71.3 Å². The van der Waals surface area contributed by atoms with Crippen molar-refractivity contribution < 1.29 is 71.3 Å². The van der Waals surface area contributed by atoms with Crippen LogP contribution in [0.25, 0.3) is 21.5 Å². The fourth-order valence-electron chi connectivity index (χ4n) is 4.48. The van der Waals surface area contributed by atoms with Crippen LogP contribution in [0.15, 0.2) is 54.6 Å². The lowest BCUT2D eigenvalue weighted by atomic mass is 9.97. The average Bonchev–Trinajstić information content (AvgIpc) is 2.81. The molecule has 3 aromatic rings. The second kappa shape index (κ2) is 22.4. The topological polar surface area (TPSA) is 77.5 Å². The molecule has 3 rings (SSSR count). The zero-order valence-corrected chi connectivity index (χ0v) is 23.9. The molecular formula is C27H44Cl4N4. The lowest BCUT2D eigenvalue weighted by Gasteiger charge is -2.11. The molecule has 9 N–H and O–H groups in total. The van der Waals surface area contributed by atoms with Crippen LogP contribution in [0.5, 0.6) is 0 Å². The molecule has 0 aromatic heterocycles. The highest BCUT2D eigenvalue weighted by atomic mass is 35.5. The van der Waals surface area contributed by atoms with Crippen molar-refractivity contribution in [2.24, 2.45) is 0 Å². The Kier molecular flexibility index (Phi) is 23.2. The summed E-state index contributed by atoms with van der Waals surface area (Å²) >= 11 is 0. The molecule has 35 heavy (non-hydrogen) atoms. The Hall–Kier alpha value is -0.820. The molecule has 3 aromatic carbocycles. The molecule has 8 heteroatoms. The summed E-state index contributed by atoms with van der Waals surface area (Å²) in [5, 5.41) is 13.0. The maximum Gasteiger partial charge on any atom is 0.102 e. The molecule has 0 fully saturated rings. The fourth-order valence-corrected chi connectivity index (χ4v) is 4.48. The predicted molar refractivity (Wildman–Crippen MR) is 131 cm³/mol. The molecule has 0 saturated heterocycles. The standard InChI is InChI=1S/C27H40N4.4ClH/c28-15-10-20-30-18-9-8-17-29-16-6-1-7-19-31-22-27-25-13-4-2-11-23(25)21-24-12-3-5-14-26(24)27;;;;/h2-5,11-14,21,29-31H,1,6-10,15-20,22,28H2;4*1H. The van der Waals surface area contributed by atoms with Gasteiger partial charge in [0.25, 0.3) is 0 Å². The van der Waals surface area contributed by atoms with Gasteiger partial charge in [-0.05, 0) is 46.9 Å². The first-order chi connectivity index (χ1) is 15.4. The van der Waals surface area contributed by atoms with E-state index >= 15 is 0 Å². The quantitative estimate of drug-likeness (QED) is 0.0983. The number of rotatable bonds is 16. The molecule has 200 valence electrons. The molecule has 0 spiro atoms. The minimum absolute atomic E-state index is 0. The zero-order valence-electron chi connectivity index (χ0n) is 20.8. The van der Waals surface area contributed by atoms with E-state index in [0.717, 1.165) is 13.1 Å². The van der Waals surface area contributed by atoms with E-state index in [1.807, 2.05) is 0 Å². The molecule has 0 unspecified atom stereocenters. The third-order valence-electron chi connectivity index (χ3n) is 6.27. The molecule has 0 heterocycles. The molecule has 4 nitrogen and oxygen atoms in total. The van der Waals surface area contributed by atoms with Crippen molar-refractivity contribution in [3.63, 3.8) is 0 Å². The van der Waals surface area contributed by atoms with Gasteiger partial charge in [0.1, 0.15) is 6.54 Å². The van der Waals surface area contributed by atoms with Crippen LogP contribution in [-0.4, -0.2) is 39.3 Å². The number of benzene rings is 3. The van der Waals surface area contributed by atoms with Crippen molar-refractivity contribution in [3.05, 3.63) is 60.2 Å². The van der Waals surface area contributed by atoms with Gasteiger partial charge in [0.2, 0.25) is 0 Å². The summed E-state index contributed by atoms with van der Waals surface area (Å²) in [6.07, 6.45) is 7.97. The first-order valence-corrected chi connectivity index (χ1v) is 12.5. The number of nitrogens with two attached hydrogens (primary N) is 3. The summed E-state index contributed by atoms with van der Waals surface area (Å²) in [4.78, 5) is 0. The van der Waals surface area contributed by atoms with Gasteiger partial charge in [0.15, 0.2) is 0 Å². The Bertz CT molecular complexity index is 857. The first-order valence-electron chi connectivity index (χ1n) is 12.5. The Labute approximate surface area is 236 Å². The zero-order chi connectivity index (χ0) is 21.6. The van der Waals surface area contributed by atoms with E-state index in [0.29, 0.717) is 0 Å². The van der Waals surface area contributed by atoms with Crippen LogP contribution < -0.4 is 71.3 Å². The van der Waals surface area contributed by atoms with Crippen LogP contribution in [0.2, 0.25) is 0 Å². The van der Waals surface area contributed by atoms with E-state index < -0.39 is 0 Å². The smallest absolute Gasteiger partial charge is 0.102 e. The van der Waals surface area contributed by atoms with E-state index in [9.17, 15) is 0 Å². The van der Waals surface area contributed by atoms with Crippen molar-refractivity contribution in [1.82, 2.24) is 0 Å². The minimum atomic E-state index is 0. The highest BCUT2D eigenvalue weighted by Crippen LogP contribution is 2.27. The molecular weight excluding hydrogens is 522 g/mol. The number of fused-ring (bicyclic) bond motifs is 2. The van der Waals surface area contributed by atoms with Crippen molar-refractivity contribution in [1.29, 1.82) is 0 Å². The SMILES string of the molecule is [Cl-].[Cl-].[Cl-].[Cl-].[NH3+]CCC[NH2+]CCCC[NH2+]CCCCC[NH2+]Cc1c2ccccc2cc2ccccc12. The Morgan fingerprint density at radius 3 is 1.46 bits per heavy atom. The van der Waals surface area contributed by atoms with Crippen molar-refractivity contribution in [2.45, 2.75) is 45.1 Å². The first kappa shape index (κ1) is 36.3. The van der Waals surface area contributed by atoms with Gasteiger partial charge in [-0.25, -0.2) is 0 Å². The lowest BCUT2D eigenvalue weighted by molar-refractivity contribution is -0.671. The highest BCUT2D eigenvalue weighted by Gasteiger charge is 2.08. The van der Waals surface area contributed by atoms with Crippen molar-refractivity contribution in [3.8, 4) is 0 Å². The summed E-state index contributed by atoms with van der Waals surface area (Å²) in [6, 6.07) is 20.0. The summed E-state index contributed by atoms with van der Waals surface area (Å²) in [6.45, 7) is 8.49. The van der Waals surface area contributed by atoms with Crippen LogP contribution in [0.1, 0.15) is 44.1 Å². The minimum Gasteiger partial charge on any atom is -1.00 e. The van der Waals surface area contributed by atoms with Crippen LogP contribution >= 0.6 is 0 Å². The van der Waals surface area contributed by atoms with Crippen LogP contribution in [0.3, 0.4) is 0 Å². The van der Waals surface area contributed by atoms with Gasteiger partial charge in [-0.1, -0.05) is 48.5 Å². The molecule has 0 radical (unpaired) electrons. The van der Waals surface area contributed by atoms with E-state index in [1.165, 1.54) is 98.4 Å². The van der Waals surface area contributed by atoms with Gasteiger partial charge in [-0.15, -0.1) is 0 Å². The molecule has 0 aliphatic carbocycles. The van der Waals surface area contributed by atoms with E-state index in [1.54, 1.807) is 0 Å². The summed E-state index contributed by atoms with van der Waals surface area (Å²) in [7, 11) is 0. The third-order valence-corrected chi connectivity index (χ3v) is 6.27. The van der Waals surface area contributed by atoms with Crippen LogP contribution in [0.4, 0.5) is 0 Å². The van der Waals surface area contributed by atoms with Gasteiger partial charge in [-0.2, -0.15) is 0 Å². The van der Waals surface area contributed by atoms with E-state index in [2.05, 4.69) is 76.3 Å². The summed E-state index contributed by atoms with van der Waals surface area (Å²) in [5.41, 5.74) is 5.38. The monoisotopic (exact) mass is 564 g/mol. The number of halogens is 4. The second-order valence-electron chi connectivity index (χ2n) is 8.79. The molecule has 0 saturated carbocycles. The molecule has 0 aliphatic heterocycles. The predicted octanol–water partition coefficient (Wildman–Crippen LogP) is -11.2. The summed E-state index contributed by atoms with van der Waals surface area (Å²) in [5.74, 6) is 0. The number of hydrogen-bond donors (Lipinski definition) is 4. The lowest BCUT2D eigenvalue weighted by Crippen LogP contribution is -3.00. The Morgan fingerprint density at radius 2 is 0.943 bits per heavy atom. The van der Waals surface area contributed by atoms with Gasteiger partial charge in [0, 0.05) is 24.8 Å². The number of quaternary nitrogens is 4. The fraction of sp³-hybridized carbons (Fsp3) is 0.481. The highest BCUT2D eigenvalue weighted by molar-refractivity contribution is 6.02. The third kappa shape index (κ3) is 12.8. The average molecular weight is 566 g/mol. The molecule has 0 amide bonds. The maximum absolute atomic E-state index is 3.89. The molecule has 0 atom stereocenters. The Morgan fingerprint density at radius 1 is 0.514 bits per heavy atom. The largest absolute Gasteiger partial charge is 1.00 e. The van der Waals surface area contributed by atoms with E-state index in [-0.39, 0.29) is 49.6 Å². The second-order valence-corrected chi connectivity index (χ2v) is 8.79. The van der Waals surface area contributed by atoms with Crippen molar-refractivity contribution in [2.75, 3.05) is 39.3 Å².